The van der Waals surface area contributed by atoms with Gasteiger partial charge in [-0.05, 0) is 49.3 Å². The van der Waals surface area contributed by atoms with Gasteiger partial charge >= 0.3 is 0 Å². The summed E-state index contributed by atoms with van der Waals surface area (Å²) in [6, 6.07) is 9.00. The van der Waals surface area contributed by atoms with Crippen LogP contribution in [0.1, 0.15) is 64.4 Å². The monoisotopic (exact) mass is 302 g/mol. The minimum absolute atomic E-state index is 0.304. The van der Waals surface area contributed by atoms with Crippen LogP contribution in [0.2, 0.25) is 0 Å². The van der Waals surface area contributed by atoms with Crippen molar-refractivity contribution in [1.82, 2.24) is 4.90 Å². The highest BCUT2D eigenvalue weighted by Crippen LogP contribution is 2.20. The van der Waals surface area contributed by atoms with Crippen molar-refractivity contribution in [2.45, 2.75) is 64.8 Å². The van der Waals surface area contributed by atoms with Gasteiger partial charge in [0.05, 0.1) is 0 Å². The van der Waals surface area contributed by atoms with E-state index >= 15 is 0 Å². The van der Waals surface area contributed by atoms with Crippen LogP contribution < -0.4 is 5.32 Å². The summed E-state index contributed by atoms with van der Waals surface area (Å²) in [5.41, 5.74) is 2.45. The van der Waals surface area contributed by atoms with Crippen molar-refractivity contribution in [3.8, 4) is 0 Å². The maximum atomic E-state index is 12.4. The van der Waals surface area contributed by atoms with Gasteiger partial charge in [0.1, 0.15) is 0 Å². The van der Waals surface area contributed by atoms with E-state index in [1.807, 2.05) is 0 Å². The molecule has 122 valence electrons. The van der Waals surface area contributed by atoms with Gasteiger partial charge in [-0.1, -0.05) is 32.9 Å². The number of amides is 1. The maximum absolute atomic E-state index is 12.4. The number of carbonyl (C=O) groups excluding carboxylic acids is 1. The molecule has 1 aromatic rings. The van der Waals surface area contributed by atoms with Gasteiger partial charge < -0.3 is 10.2 Å². The van der Waals surface area contributed by atoms with Gasteiger partial charge in [0.15, 0.2) is 0 Å². The fourth-order valence-corrected chi connectivity index (χ4v) is 3.20. The van der Waals surface area contributed by atoms with Crippen LogP contribution in [0.15, 0.2) is 24.3 Å². The molecule has 3 heteroatoms. The number of rotatable bonds is 6. The van der Waals surface area contributed by atoms with Crippen molar-refractivity contribution in [3.63, 3.8) is 0 Å². The average molecular weight is 302 g/mol. The molecule has 0 aromatic heterocycles. The lowest BCUT2D eigenvalue weighted by atomic mass is 9.99. The Balaban J connectivity index is 1.78. The number of hydrogen-bond acceptors (Lipinski definition) is 2. The molecular formula is C19H30N2O. The minimum atomic E-state index is 0.304. The molecule has 1 aliphatic heterocycles. The van der Waals surface area contributed by atoms with Crippen LogP contribution in [-0.2, 0) is 4.79 Å². The average Bonchev–Trinajstić information content (AvgIpc) is 2.55. The maximum Gasteiger partial charge on any atom is 0.224 e. The van der Waals surface area contributed by atoms with E-state index in [9.17, 15) is 4.79 Å². The van der Waals surface area contributed by atoms with E-state index in [4.69, 9.17) is 0 Å². The van der Waals surface area contributed by atoms with Gasteiger partial charge in [0.25, 0.3) is 0 Å². The zero-order chi connectivity index (χ0) is 15.9. The predicted molar refractivity (Wildman–Crippen MR) is 93.3 cm³/mol. The first-order valence-corrected chi connectivity index (χ1v) is 8.75. The van der Waals surface area contributed by atoms with Gasteiger partial charge in [0.2, 0.25) is 5.91 Å². The van der Waals surface area contributed by atoms with E-state index in [2.05, 4.69) is 55.3 Å². The summed E-state index contributed by atoms with van der Waals surface area (Å²) in [6.07, 6.45) is 5.26. The molecular weight excluding hydrogens is 272 g/mol. The van der Waals surface area contributed by atoms with Crippen molar-refractivity contribution in [1.29, 1.82) is 0 Å². The molecule has 1 atom stereocenters. The summed E-state index contributed by atoms with van der Waals surface area (Å²) in [5.74, 6) is 0.860. The third-order valence-corrected chi connectivity index (χ3v) is 4.66. The first-order chi connectivity index (χ1) is 10.6. The lowest BCUT2D eigenvalue weighted by Gasteiger charge is -2.35. The van der Waals surface area contributed by atoms with Crippen molar-refractivity contribution < 1.29 is 4.79 Å². The second kappa shape index (κ2) is 8.21. The van der Waals surface area contributed by atoms with Crippen molar-refractivity contribution in [2.24, 2.45) is 0 Å². The van der Waals surface area contributed by atoms with E-state index in [-0.39, 0.29) is 0 Å². The molecule has 0 spiro atoms. The highest BCUT2D eigenvalue weighted by molar-refractivity contribution is 5.77. The molecule has 1 fully saturated rings. The first-order valence-electron chi connectivity index (χ1n) is 8.75. The van der Waals surface area contributed by atoms with Gasteiger partial charge in [-0.15, -0.1) is 0 Å². The smallest absolute Gasteiger partial charge is 0.224 e. The summed E-state index contributed by atoms with van der Waals surface area (Å²) in [6.45, 7) is 8.24. The van der Waals surface area contributed by atoms with E-state index in [1.165, 1.54) is 18.4 Å². The Bertz CT molecular complexity index is 467. The molecule has 22 heavy (non-hydrogen) atoms. The Morgan fingerprint density at radius 3 is 2.64 bits per heavy atom. The standard InChI is InChI=1S/C19H30N2O/c1-4-18-7-5-6-14-21(18)19(22)12-13-20-17-10-8-16(9-11-17)15(2)3/h8-11,15,18,20H,4-7,12-14H2,1-3H3. The predicted octanol–water partition coefficient (Wildman–Crippen LogP) is 4.40. The second-order valence-corrected chi connectivity index (χ2v) is 6.60. The summed E-state index contributed by atoms with van der Waals surface area (Å²) < 4.78 is 0. The molecule has 1 unspecified atom stereocenters. The third kappa shape index (κ3) is 4.49. The fourth-order valence-electron chi connectivity index (χ4n) is 3.20. The molecule has 1 N–H and O–H groups in total. The first kappa shape index (κ1) is 16.9. The van der Waals surface area contributed by atoms with Crippen LogP contribution in [0.3, 0.4) is 0 Å². The molecule has 1 aromatic carbocycles. The zero-order valence-corrected chi connectivity index (χ0v) is 14.3. The Hall–Kier alpha value is -1.51. The molecule has 1 heterocycles. The number of piperidine rings is 1. The number of nitrogens with zero attached hydrogens (tertiary/aromatic N) is 1. The fraction of sp³-hybridized carbons (Fsp3) is 0.632. The summed E-state index contributed by atoms with van der Waals surface area (Å²) in [5, 5.41) is 3.37. The van der Waals surface area contributed by atoms with Gasteiger partial charge in [-0.25, -0.2) is 0 Å². The SMILES string of the molecule is CCC1CCCCN1C(=O)CCNc1ccc(C(C)C)cc1. The minimum Gasteiger partial charge on any atom is -0.385 e. The quantitative estimate of drug-likeness (QED) is 0.844. The Kier molecular flexibility index (Phi) is 6.29. The number of anilines is 1. The van der Waals surface area contributed by atoms with E-state index < -0.39 is 0 Å². The molecule has 0 saturated carbocycles. The number of benzene rings is 1. The van der Waals surface area contributed by atoms with Crippen molar-refractivity contribution in [2.75, 3.05) is 18.4 Å². The third-order valence-electron chi connectivity index (χ3n) is 4.66. The van der Waals surface area contributed by atoms with Gasteiger partial charge in [-0.3, -0.25) is 4.79 Å². The van der Waals surface area contributed by atoms with Crippen LogP contribution in [0, 0.1) is 0 Å². The van der Waals surface area contributed by atoms with Crippen LogP contribution in [0.25, 0.3) is 0 Å². The molecule has 3 nitrogen and oxygen atoms in total. The molecule has 0 bridgehead atoms. The van der Waals surface area contributed by atoms with Crippen LogP contribution in [0.4, 0.5) is 5.69 Å². The zero-order valence-electron chi connectivity index (χ0n) is 14.3. The van der Waals surface area contributed by atoms with Crippen LogP contribution in [0.5, 0.6) is 0 Å². The lowest BCUT2D eigenvalue weighted by molar-refractivity contribution is -0.134. The molecule has 0 aliphatic carbocycles. The highest BCUT2D eigenvalue weighted by atomic mass is 16.2. The van der Waals surface area contributed by atoms with Gasteiger partial charge in [-0.2, -0.15) is 0 Å². The Morgan fingerprint density at radius 2 is 2.00 bits per heavy atom. The van der Waals surface area contributed by atoms with E-state index in [0.717, 1.165) is 25.1 Å². The molecule has 0 radical (unpaired) electrons. The summed E-state index contributed by atoms with van der Waals surface area (Å²) in [7, 11) is 0. The Morgan fingerprint density at radius 1 is 1.27 bits per heavy atom. The molecule has 1 saturated heterocycles. The summed E-state index contributed by atoms with van der Waals surface area (Å²) in [4.78, 5) is 14.5. The second-order valence-electron chi connectivity index (χ2n) is 6.60. The normalized spacial score (nSPS) is 18.5. The lowest BCUT2D eigenvalue weighted by Crippen LogP contribution is -2.43. The summed E-state index contributed by atoms with van der Waals surface area (Å²) >= 11 is 0. The van der Waals surface area contributed by atoms with Crippen LogP contribution in [-0.4, -0.2) is 29.9 Å². The topological polar surface area (TPSA) is 32.3 Å². The van der Waals surface area contributed by atoms with E-state index in [0.29, 0.717) is 30.8 Å². The van der Waals surface area contributed by atoms with E-state index in [1.54, 1.807) is 0 Å². The van der Waals surface area contributed by atoms with Crippen molar-refractivity contribution in [3.05, 3.63) is 29.8 Å². The van der Waals surface area contributed by atoms with Crippen molar-refractivity contribution >= 4 is 11.6 Å². The molecule has 1 aliphatic rings. The van der Waals surface area contributed by atoms with Gasteiger partial charge in [0, 0.05) is 31.2 Å². The number of likely N-dealkylation sites (tertiary alicyclic amines) is 1. The highest BCUT2D eigenvalue weighted by Gasteiger charge is 2.24. The number of hydrogen-bond donors (Lipinski definition) is 1. The number of carbonyl (C=O) groups is 1. The molecule has 2 rings (SSSR count). The van der Waals surface area contributed by atoms with Crippen LogP contribution >= 0.6 is 0 Å². The largest absolute Gasteiger partial charge is 0.385 e. The number of nitrogens with one attached hydrogen (secondary N) is 1. The Labute approximate surface area is 135 Å². The molecule has 1 amide bonds.